The van der Waals surface area contributed by atoms with Crippen molar-refractivity contribution in [1.82, 2.24) is 15.2 Å². The van der Waals surface area contributed by atoms with Crippen LogP contribution in [-0.4, -0.2) is 35.2 Å². The van der Waals surface area contributed by atoms with Gasteiger partial charge in [0.05, 0.1) is 14.2 Å². The lowest BCUT2D eigenvalue weighted by molar-refractivity contribution is 0.223. The molecule has 0 spiro atoms. The predicted molar refractivity (Wildman–Crippen MR) is 116 cm³/mol. The van der Waals surface area contributed by atoms with E-state index in [1.807, 2.05) is 43.3 Å². The number of thioether (sulfide) groups is 1. The van der Waals surface area contributed by atoms with Gasteiger partial charge in [0.1, 0.15) is 0 Å². The van der Waals surface area contributed by atoms with Crippen LogP contribution in [0.3, 0.4) is 0 Å². The van der Waals surface area contributed by atoms with Gasteiger partial charge in [-0.3, -0.25) is 0 Å². The molecule has 0 amide bonds. The normalized spacial score (nSPS) is 14.7. The van der Waals surface area contributed by atoms with Crippen molar-refractivity contribution in [2.45, 2.75) is 18.3 Å². The monoisotopic (exact) mass is 474 g/mol. The Morgan fingerprint density at radius 2 is 1.90 bits per heavy atom. The van der Waals surface area contributed by atoms with Gasteiger partial charge in [0.15, 0.2) is 23.4 Å². The second kappa shape index (κ2) is 8.46. The summed E-state index contributed by atoms with van der Waals surface area (Å²) in [6.45, 7) is 2.04. The Kier molecular flexibility index (Phi) is 5.77. The number of nitrogens with zero attached hydrogens (tertiary/aromatic N) is 3. The number of anilines is 1. The molecule has 0 aliphatic carbocycles. The minimum absolute atomic E-state index is 0.431. The molecule has 0 radical (unpaired) electrons. The van der Waals surface area contributed by atoms with Crippen LogP contribution in [0.25, 0.3) is 11.3 Å². The highest BCUT2D eigenvalue weighted by Crippen LogP contribution is 2.43. The van der Waals surface area contributed by atoms with Gasteiger partial charge in [-0.05, 0) is 24.0 Å². The molecule has 0 saturated heterocycles. The Balaban J connectivity index is 1.84. The molecule has 2 heterocycles. The first kappa shape index (κ1) is 19.8. The van der Waals surface area contributed by atoms with Crippen molar-refractivity contribution in [1.29, 1.82) is 0 Å². The van der Waals surface area contributed by atoms with E-state index in [1.165, 1.54) is 11.8 Å². The number of halogens is 1. The largest absolute Gasteiger partial charge is 0.493 e. The van der Waals surface area contributed by atoms with Crippen LogP contribution in [-0.2, 0) is 0 Å². The molecular formula is C20H19BrN4O3S. The molecule has 29 heavy (non-hydrogen) atoms. The second-order valence-corrected chi connectivity index (χ2v) is 8.18. The quantitative estimate of drug-likeness (QED) is 0.521. The smallest absolute Gasteiger partial charge is 0.247 e. The number of methoxy groups -OCH3 is 2. The van der Waals surface area contributed by atoms with Crippen LogP contribution in [0.4, 0.5) is 5.69 Å². The molecule has 0 fully saturated rings. The van der Waals surface area contributed by atoms with E-state index in [4.69, 9.17) is 14.2 Å². The molecule has 0 saturated carbocycles. The summed E-state index contributed by atoms with van der Waals surface area (Å²) in [6, 6.07) is 11.6. The van der Waals surface area contributed by atoms with Gasteiger partial charge in [0.25, 0.3) is 0 Å². The highest BCUT2D eigenvalue weighted by Gasteiger charge is 2.28. The van der Waals surface area contributed by atoms with Gasteiger partial charge in [0.2, 0.25) is 11.0 Å². The Morgan fingerprint density at radius 3 is 2.66 bits per heavy atom. The highest BCUT2D eigenvalue weighted by atomic mass is 79.9. The fourth-order valence-electron chi connectivity index (χ4n) is 3.05. The number of para-hydroxylation sites is 1. The zero-order valence-electron chi connectivity index (χ0n) is 16.1. The first-order valence-electron chi connectivity index (χ1n) is 8.96. The molecule has 0 unspecified atom stereocenters. The summed E-state index contributed by atoms with van der Waals surface area (Å²) in [5, 5.41) is 12.7. The number of aromatic nitrogens is 3. The van der Waals surface area contributed by atoms with Gasteiger partial charge < -0.3 is 19.5 Å². The number of ether oxygens (including phenoxy) is 3. The summed E-state index contributed by atoms with van der Waals surface area (Å²) < 4.78 is 18.0. The first-order chi connectivity index (χ1) is 14.1. The molecule has 1 aliphatic heterocycles. The Bertz CT molecular complexity index is 1050. The minimum atomic E-state index is -0.525. The first-order valence-corrected chi connectivity index (χ1v) is 10.7. The molecule has 3 aromatic rings. The lowest BCUT2D eigenvalue weighted by atomic mass is 10.1. The zero-order valence-corrected chi connectivity index (χ0v) is 18.5. The number of fused-ring (bicyclic) bond motifs is 3. The van der Waals surface area contributed by atoms with E-state index in [0.29, 0.717) is 28.2 Å². The van der Waals surface area contributed by atoms with Crippen LogP contribution < -0.4 is 19.5 Å². The summed E-state index contributed by atoms with van der Waals surface area (Å²) in [4.78, 5) is 4.60. The number of hydrogen-bond donors (Lipinski definition) is 1. The molecule has 1 atom stereocenters. The van der Waals surface area contributed by atoms with Gasteiger partial charge in [-0.1, -0.05) is 52.8 Å². The molecule has 2 aromatic carbocycles. The van der Waals surface area contributed by atoms with E-state index in [0.717, 1.165) is 27.0 Å². The van der Waals surface area contributed by atoms with Crippen LogP contribution in [0.5, 0.6) is 17.4 Å². The van der Waals surface area contributed by atoms with Gasteiger partial charge >= 0.3 is 0 Å². The third kappa shape index (κ3) is 3.84. The fourth-order valence-corrected chi connectivity index (χ4v) is 4.08. The topological polar surface area (TPSA) is 78.4 Å². The maximum absolute atomic E-state index is 6.30. The van der Waals surface area contributed by atoms with Gasteiger partial charge in [-0.2, -0.15) is 4.98 Å². The van der Waals surface area contributed by atoms with E-state index < -0.39 is 6.23 Å². The summed E-state index contributed by atoms with van der Waals surface area (Å²) in [5.74, 6) is 2.51. The number of nitrogens with one attached hydrogen (secondary N) is 1. The summed E-state index contributed by atoms with van der Waals surface area (Å²) in [7, 11) is 3.21. The minimum Gasteiger partial charge on any atom is -0.493 e. The van der Waals surface area contributed by atoms with E-state index in [1.54, 1.807) is 14.2 Å². The fraction of sp³-hybridized carbons (Fsp3) is 0.250. The van der Waals surface area contributed by atoms with Crippen LogP contribution in [0.1, 0.15) is 18.7 Å². The van der Waals surface area contributed by atoms with Crippen molar-refractivity contribution in [3.63, 3.8) is 0 Å². The molecule has 1 aliphatic rings. The van der Waals surface area contributed by atoms with E-state index in [9.17, 15) is 0 Å². The zero-order chi connectivity index (χ0) is 20.4. The van der Waals surface area contributed by atoms with Gasteiger partial charge in [-0.15, -0.1) is 10.2 Å². The van der Waals surface area contributed by atoms with E-state index in [-0.39, 0.29) is 0 Å². The maximum atomic E-state index is 6.30. The lowest BCUT2D eigenvalue weighted by Gasteiger charge is -2.22. The Hall–Kier alpha value is -2.52. The SMILES string of the molecule is CCSc1nnc2c(n1)O[C@@H](c1cc(OC)c(OC)cc1Br)Nc1ccccc1-2. The molecule has 9 heteroatoms. The molecule has 4 rings (SSSR count). The van der Waals surface area contributed by atoms with Crippen molar-refractivity contribution >= 4 is 33.4 Å². The highest BCUT2D eigenvalue weighted by molar-refractivity contribution is 9.10. The molecule has 0 bridgehead atoms. The average Bonchev–Trinajstić information content (AvgIpc) is 2.90. The third-order valence-corrected chi connectivity index (χ3v) is 5.80. The van der Waals surface area contributed by atoms with Crippen molar-refractivity contribution in [3.05, 3.63) is 46.4 Å². The number of hydrogen-bond acceptors (Lipinski definition) is 8. The number of rotatable bonds is 5. The average molecular weight is 475 g/mol. The maximum Gasteiger partial charge on any atom is 0.247 e. The predicted octanol–water partition coefficient (Wildman–Crippen LogP) is 4.93. The molecule has 7 nitrogen and oxygen atoms in total. The van der Waals surface area contributed by atoms with Gasteiger partial charge in [0, 0.05) is 21.3 Å². The summed E-state index contributed by atoms with van der Waals surface area (Å²) in [5.41, 5.74) is 3.21. The molecule has 1 N–H and O–H groups in total. The van der Waals surface area contributed by atoms with Crippen LogP contribution in [0, 0.1) is 0 Å². The van der Waals surface area contributed by atoms with Crippen molar-refractivity contribution < 1.29 is 14.2 Å². The number of benzene rings is 2. The van der Waals surface area contributed by atoms with Crippen LogP contribution in [0.15, 0.2) is 46.0 Å². The van der Waals surface area contributed by atoms with E-state index >= 15 is 0 Å². The van der Waals surface area contributed by atoms with E-state index in [2.05, 4.69) is 36.4 Å². The molecular weight excluding hydrogens is 456 g/mol. The standard InChI is InChI=1S/C20H19BrN4O3S/c1-4-29-20-23-19-17(24-25-20)11-7-5-6-8-14(11)22-18(28-19)12-9-15(26-2)16(27-3)10-13(12)21/h5-10,18,22H,4H2,1-3H3/t18-/m0/s1. The van der Waals surface area contributed by atoms with Gasteiger partial charge in [-0.25, -0.2) is 0 Å². The van der Waals surface area contributed by atoms with Crippen molar-refractivity contribution in [3.8, 4) is 28.6 Å². The molecule has 150 valence electrons. The summed E-state index contributed by atoms with van der Waals surface area (Å²) in [6.07, 6.45) is -0.525. The van der Waals surface area contributed by atoms with Crippen LogP contribution in [0.2, 0.25) is 0 Å². The van der Waals surface area contributed by atoms with Crippen molar-refractivity contribution in [2.75, 3.05) is 25.3 Å². The lowest BCUT2D eigenvalue weighted by Crippen LogP contribution is -2.18. The third-order valence-electron chi connectivity index (χ3n) is 4.39. The van der Waals surface area contributed by atoms with Crippen molar-refractivity contribution in [2.24, 2.45) is 0 Å². The Morgan fingerprint density at radius 1 is 1.14 bits per heavy atom. The second-order valence-electron chi connectivity index (χ2n) is 6.10. The molecule has 1 aromatic heterocycles. The van der Waals surface area contributed by atoms with Crippen LogP contribution >= 0.6 is 27.7 Å². The Labute approximate surface area is 181 Å². The summed E-state index contributed by atoms with van der Waals surface area (Å²) >= 11 is 5.14.